The van der Waals surface area contributed by atoms with E-state index in [0.717, 1.165) is 30.2 Å². The molecule has 148 valence electrons. The second-order valence-electron chi connectivity index (χ2n) is 6.61. The summed E-state index contributed by atoms with van der Waals surface area (Å²) < 4.78 is 5.18. The number of ether oxygens (including phenoxy) is 1. The first-order chi connectivity index (χ1) is 13.6. The van der Waals surface area contributed by atoms with Crippen molar-refractivity contribution in [1.82, 2.24) is 20.2 Å². The summed E-state index contributed by atoms with van der Waals surface area (Å²) in [4.78, 5) is 36.6. The zero-order chi connectivity index (χ0) is 19.9. The molecular weight excluding hydrogens is 358 g/mol. The van der Waals surface area contributed by atoms with Crippen LogP contribution in [0.3, 0.4) is 0 Å². The average Bonchev–Trinajstić information content (AvgIpc) is 2.74. The number of carbonyl (C=O) groups is 2. The van der Waals surface area contributed by atoms with Crippen molar-refractivity contribution in [3.8, 4) is 5.75 Å². The van der Waals surface area contributed by atoms with Gasteiger partial charge in [0.1, 0.15) is 11.4 Å². The van der Waals surface area contributed by atoms with E-state index in [1.807, 2.05) is 36.1 Å². The smallest absolute Gasteiger partial charge is 0.271 e. The topological polar surface area (TPSA) is 87.7 Å². The molecule has 2 heterocycles. The van der Waals surface area contributed by atoms with Crippen LogP contribution in [0.4, 0.5) is 5.69 Å². The second kappa shape index (κ2) is 9.16. The lowest BCUT2D eigenvalue weighted by atomic mass is 10.2. The van der Waals surface area contributed by atoms with Crippen LogP contribution in [0.25, 0.3) is 0 Å². The number of aryl methyl sites for hydroxylation is 1. The van der Waals surface area contributed by atoms with E-state index in [1.165, 1.54) is 6.20 Å². The van der Waals surface area contributed by atoms with E-state index in [1.54, 1.807) is 13.3 Å². The SMILES string of the molecule is COc1ccc(N2CCN(C(=O)CCNC(=O)c3cnc(C)cn3)CC2)cc1. The van der Waals surface area contributed by atoms with Crippen LogP contribution < -0.4 is 15.0 Å². The molecule has 1 fully saturated rings. The molecule has 1 aliphatic rings. The molecule has 0 bridgehead atoms. The van der Waals surface area contributed by atoms with E-state index >= 15 is 0 Å². The highest BCUT2D eigenvalue weighted by Crippen LogP contribution is 2.20. The number of anilines is 1. The van der Waals surface area contributed by atoms with Crippen LogP contribution in [-0.2, 0) is 4.79 Å². The van der Waals surface area contributed by atoms with E-state index in [0.29, 0.717) is 13.1 Å². The summed E-state index contributed by atoms with van der Waals surface area (Å²) in [5.41, 5.74) is 2.13. The molecule has 1 saturated heterocycles. The molecule has 2 amide bonds. The molecule has 0 radical (unpaired) electrons. The Labute approximate surface area is 164 Å². The highest BCUT2D eigenvalue weighted by atomic mass is 16.5. The molecule has 0 saturated carbocycles. The van der Waals surface area contributed by atoms with Crippen LogP contribution >= 0.6 is 0 Å². The molecule has 1 N–H and O–H groups in total. The average molecular weight is 383 g/mol. The number of amides is 2. The van der Waals surface area contributed by atoms with Gasteiger partial charge in [0.05, 0.1) is 19.0 Å². The molecule has 2 aromatic rings. The zero-order valence-electron chi connectivity index (χ0n) is 16.2. The molecule has 0 aliphatic carbocycles. The number of benzene rings is 1. The van der Waals surface area contributed by atoms with Gasteiger partial charge in [0.2, 0.25) is 5.91 Å². The molecule has 1 aromatic carbocycles. The lowest BCUT2D eigenvalue weighted by Gasteiger charge is -2.36. The first-order valence-corrected chi connectivity index (χ1v) is 9.30. The van der Waals surface area contributed by atoms with Crippen molar-refractivity contribution in [3.05, 3.63) is 48.0 Å². The summed E-state index contributed by atoms with van der Waals surface area (Å²) in [6.45, 7) is 4.99. The quantitative estimate of drug-likeness (QED) is 0.808. The summed E-state index contributed by atoms with van der Waals surface area (Å²) in [5, 5.41) is 2.72. The van der Waals surface area contributed by atoms with E-state index in [9.17, 15) is 9.59 Å². The van der Waals surface area contributed by atoms with Crippen LogP contribution in [0.15, 0.2) is 36.7 Å². The van der Waals surface area contributed by atoms with E-state index in [2.05, 4.69) is 20.2 Å². The summed E-state index contributed by atoms with van der Waals surface area (Å²) in [6, 6.07) is 7.93. The molecule has 8 heteroatoms. The summed E-state index contributed by atoms with van der Waals surface area (Å²) in [7, 11) is 1.65. The molecular formula is C20H25N5O3. The highest BCUT2D eigenvalue weighted by molar-refractivity contribution is 5.92. The number of hydrogen-bond donors (Lipinski definition) is 1. The highest BCUT2D eigenvalue weighted by Gasteiger charge is 2.21. The molecule has 1 aliphatic heterocycles. The van der Waals surface area contributed by atoms with E-state index in [4.69, 9.17) is 4.74 Å². The number of rotatable bonds is 6. The zero-order valence-corrected chi connectivity index (χ0v) is 16.2. The monoisotopic (exact) mass is 383 g/mol. The summed E-state index contributed by atoms with van der Waals surface area (Å²) in [5.74, 6) is 0.561. The number of nitrogens with one attached hydrogen (secondary N) is 1. The van der Waals surface area contributed by atoms with Crippen LogP contribution in [0.2, 0.25) is 0 Å². The maximum Gasteiger partial charge on any atom is 0.271 e. The number of piperazine rings is 1. The normalized spacial score (nSPS) is 13.9. The number of hydrogen-bond acceptors (Lipinski definition) is 6. The lowest BCUT2D eigenvalue weighted by Crippen LogP contribution is -2.49. The molecule has 0 spiro atoms. The Kier molecular flexibility index (Phi) is 6.41. The third-order valence-corrected chi connectivity index (χ3v) is 4.71. The van der Waals surface area contributed by atoms with Crippen LogP contribution in [0.5, 0.6) is 5.75 Å². The Hall–Kier alpha value is -3.16. The van der Waals surface area contributed by atoms with Crippen molar-refractivity contribution in [2.45, 2.75) is 13.3 Å². The summed E-state index contributed by atoms with van der Waals surface area (Å²) >= 11 is 0. The first-order valence-electron chi connectivity index (χ1n) is 9.30. The van der Waals surface area contributed by atoms with Gasteiger partial charge in [-0.2, -0.15) is 0 Å². The summed E-state index contributed by atoms with van der Waals surface area (Å²) in [6.07, 6.45) is 3.25. The number of carbonyl (C=O) groups excluding carboxylic acids is 2. The van der Waals surface area contributed by atoms with Gasteiger partial charge in [-0.1, -0.05) is 0 Å². The first kappa shape index (κ1) is 19.6. The van der Waals surface area contributed by atoms with Crippen molar-refractivity contribution in [2.75, 3.05) is 44.7 Å². The Morgan fingerprint density at radius 3 is 2.39 bits per heavy atom. The molecule has 1 aromatic heterocycles. The van der Waals surface area contributed by atoms with Gasteiger partial charge in [0, 0.05) is 51.0 Å². The van der Waals surface area contributed by atoms with Crippen molar-refractivity contribution < 1.29 is 14.3 Å². The minimum atomic E-state index is -0.315. The lowest BCUT2D eigenvalue weighted by molar-refractivity contribution is -0.131. The van der Waals surface area contributed by atoms with Crippen molar-refractivity contribution in [1.29, 1.82) is 0 Å². The minimum Gasteiger partial charge on any atom is -0.497 e. The van der Waals surface area contributed by atoms with Crippen LogP contribution in [-0.4, -0.2) is 66.5 Å². The van der Waals surface area contributed by atoms with Gasteiger partial charge in [-0.15, -0.1) is 0 Å². The maximum absolute atomic E-state index is 12.4. The number of nitrogens with zero attached hydrogens (tertiary/aromatic N) is 4. The van der Waals surface area contributed by atoms with Crippen LogP contribution in [0, 0.1) is 6.92 Å². The second-order valence-corrected chi connectivity index (χ2v) is 6.61. The maximum atomic E-state index is 12.4. The van der Waals surface area contributed by atoms with Gasteiger partial charge >= 0.3 is 0 Å². The Balaban J connectivity index is 1.41. The third kappa shape index (κ3) is 4.97. The molecule has 28 heavy (non-hydrogen) atoms. The van der Waals surface area contributed by atoms with Gasteiger partial charge in [-0.25, -0.2) is 4.98 Å². The fraction of sp³-hybridized carbons (Fsp3) is 0.400. The Bertz CT molecular complexity index is 800. The van der Waals surface area contributed by atoms with Gasteiger partial charge in [-0.3, -0.25) is 14.6 Å². The third-order valence-electron chi connectivity index (χ3n) is 4.71. The van der Waals surface area contributed by atoms with Crippen molar-refractivity contribution >= 4 is 17.5 Å². The van der Waals surface area contributed by atoms with Gasteiger partial charge < -0.3 is 19.9 Å². The van der Waals surface area contributed by atoms with Crippen molar-refractivity contribution in [2.24, 2.45) is 0 Å². The largest absolute Gasteiger partial charge is 0.497 e. The molecule has 8 nitrogen and oxygen atoms in total. The van der Waals surface area contributed by atoms with Gasteiger partial charge in [0.25, 0.3) is 5.91 Å². The van der Waals surface area contributed by atoms with Gasteiger partial charge in [-0.05, 0) is 31.2 Å². The Morgan fingerprint density at radius 2 is 1.79 bits per heavy atom. The van der Waals surface area contributed by atoms with Gasteiger partial charge in [0.15, 0.2) is 0 Å². The fourth-order valence-corrected chi connectivity index (χ4v) is 3.05. The molecule has 0 unspecified atom stereocenters. The number of methoxy groups -OCH3 is 1. The van der Waals surface area contributed by atoms with E-state index < -0.39 is 0 Å². The van der Waals surface area contributed by atoms with E-state index in [-0.39, 0.29) is 30.5 Å². The number of aromatic nitrogens is 2. The Morgan fingerprint density at radius 1 is 1.07 bits per heavy atom. The molecule has 0 atom stereocenters. The standard InChI is InChI=1S/C20H25N5O3/c1-15-13-23-18(14-22-15)20(27)21-8-7-19(26)25-11-9-24(10-12-25)16-3-5-17(28-2)6-4-16/h3-6,13-14H,7-12H2,1-2H3,(H,21,27). The molecule has 3 rings (SSSR count). The van der Waals surface area contributed by atoms with Crippen molar-refractivity contribution in [3.63, 3.8) is 0 Å². The fourth-order valence-electron chi connectivity index (χ4n) is 3.05. The minimum absolute atomic E-state index is 0.0460. The van der Waals surface area contributed by atoms with Crippen LogP contribution in [0.1, 0.15) is 22.6 Å². The predicted octanol–water partition coefficient (Wildman–Crippen LogP) is 1.26. The predicted molar refractivity (Wildman–Crippen MR) is 106 cm³/mol.